The minimum Gasteiger partial charge on any atom is -0.490 e. The van der Waals surface area contributed by atoms with Crippen LogP contribution in [0, 0.1) is 20.2 Å². The fraction of sp³-hybridized carbons (Fsp3) is 0.400. The lowest BCUT2D eigenvalue weighted by atomic mass is 10.1. The van der Waals surface area contributed by atoms with Gasteiger partial charge in [-0.1, -0.05) is 0 Å². The third-order valence-electron chi connectivity index (χ3n) is 4.70. The van der Waals surface area contributed by atoms with Gasteiger partial charge < -0.3 is 9.47 Å². The molecule has 0 aliphatic rings. The molecule has 0 heterocycles. The van der Waals surface area contributed by atoms with Crippen LogP contribution in [0.3, 0.4) is 0 Å². The molecule has 10 nitrogen and oxygen atoms in total. The van der Waals surface area contributed by atoms with Gasteiger partial charge in [-0.3, -0.25) is 20.2 Å². The zero-order chi connectivity index (χ0) is 26.2. The number of ether oxygens (including phenoxy) is 2. The topological polar surface area (TPSA) is 139 Å². The molecule has 0 saturated carbocycles. The van der Waals surface area contributed by atoms with Gasteiger partial charge in [0.15, 0.2) is 0 Å². The second-order valence-electron chi connectivity index (χ2n) is 6.86. The molecule has 0 spiro atoms. The molecule has 0 unspecified atom stereocenters. The van der Waals surface area contributed by atoms with Crippen LogP contribution in [0.4, 0.5) is 11.4 Å². The summed E-state index contributed by atoms with van der Waals surface area (Å²) in [5, 5.41) is 22.8. The molecule has 2 aromatic carbocycles. The molecule has 0 radical (unpaired) electrons. The van der Waals surface area contributed by atoms with E-state index in [0.29, 0.717) is 45.6 Å². The van der Waals surface area contributed by atoms with Crippen molar-refractivity contribution in [1.82, 2.24) is 0 Å². The van der Waals surface area contributed by atoms with Gasteiger partial charge in [-0.15, -0.1) is 23.2 Å². The lowest BCUT2D eigenvalue weighted by Gasteiger charge is -2.15. The minimum absolute atomic E-state index is 0.0230. The fourth-order valence-corrected chi connectivity index (χ4v) is 8.85. The van der Waals surface area contributed by atoms with E-state index in [1.54, 1.807) is 0 Å². The number of nitro groups is 2. The van der Waals surface area contributed by atoms with Crippen molar-refractivity contribution in [3.63, 3.8) is 0 Å². The zero-order valence-electron chi connectivity index (χ0n) is 18.7. The van der Waals surface area contributed by atoms with E-state index in [1.165, 1.54) is 38.5 Å². The van der Waals surface area contributed by atoms with Crippen LogP contribution in [0.5, 0.6) is 11.5 Å². The number of alkyl halides is 2. The summed E-state index contributed by atoms with van der Waals surface area (Å²) in [7, 11) is -0.408. The van der Waals surface area contributed by atoms with Crippen LogP contribution in [-0.2, 0) is 20.7 Å². The van der Waals surface area contributed by atoms with Gasteiger partial charge in [0.1, 0.15) is 0 Å². The van der Waals surface area contributed by atoms with Crippen molar-refractivity contribution in [2.24, 2.45) is 0 Å². The van der Waals surface area contributed by atoms with Crippen LogP contribution >= 0.6 is 44.8 Å². The van der Waals surface area contributed by atoms with Crippen LogP contribution in [0.1, 0.15) is 24.0 Å². The van der Waals surface area contributed by atoms with Gasteiger partial charge in [0.05, 0.1) is 24.1 Å². The van der Waals surface area contributed by atoms with Crippen molar-refractivity contribution in [3.05, 3.63) is 55.6 Å². The quantitative estimate of drug-likeness (QED) is 0.112. The van der Waals surface area contributed by atoms with Crippen molar-refractivity contribution in [1.29, 1.82) is 0 Å². The highest BCUT2D eigenvalue weighted by Gasteiger charge is 2.28. The number of methoxy groups -OCH3 is 2. The van der Waals surface area contributed by atoms with Gasteiger partial charge in [0.2, 0.25) is 11.5 Å². The summed E-state index contributed by atoms with van der Waals surface area (Å²) in [4.78, 5) is 22.1. The van der Waals surface area contributed by atoms with Crippen molar-refractivity contribution < 1.29 is 27.7 Å². The molecule has 0 amide bonds. The van der Waals surface area contributed by atoms with Crippen molar-refractivity contribution in [2.45, 2.75) is 35.5 Å². The van der Waals surface area contributed by atoms with Crippen LogP contribution in [-0.4, -0.2) is 44.2 Å². The van der Waals surface area contributed by atoms with E-state index in [4.69, 9.17) is 32.7 Å². The summed E-state index contributed by atoms with van der Waals surface area (Å²) >= 11 is 11.6. The summed E-state index contributed by atoms with van der Waals surface area (Å²) in [6, 6.07) is 5.09. The maximum absolute atomic E-state index is 13.2. The third-order valence-corrected chi connectivity index (χ3v) is 10.3. The van der Waals surface area contributed by atoms with Crippen LogP contribution < -0.4 is 9.47 Å². The lowest BCUT2D eigenvalue weighted by Crippen LogP contribution is -2.03. The highest BCUT2D eigenvalue weighted by Crippen LogP contribution is 2.47. The van der Waals surface area contributed by atoms with Crippen molar-refractivity contribution in [2.75, 3.05) is 26.0 Å². The Balaban J connectivity index is 2.52. The van der Waals surface area contributed by atoms with E-state index in [1.807, 2.05) is 0 Å². The van der Waals surface area contributed by atoms with E-state index in [9.17, 15) is 28.6 Å². The van der Waals surface area contributed by atoms with Crippen molar-refractivity contribution in [3.8, 4) is 11.5 Å². The molecule has 0 N–H and O–H groups in total. The Morgan fingerprint density at radius 2 is 1.17 bits per heavy atom. The SMILES string of the molecule is COc1c([N+](=O)[O-])ccc(SS(=O)(=O)Sc2ccc([N+](=O)[O-])c(OC)c2CCCCl)c1CCCCl. The lowest BCUT2D eigenvalue weighted by molar-refractivity contribution is -0.386. The van der Waals surface area contributed by atoms with E-state index < -0.39 is 17.7 Å². The molecule has 0 aromatic heterocycles. The van der Waals surface area contributed by atoms with Crippen LogP contribution in [0.25, 0.3) is 0 Å². The summed E-state index contributed by atoms with van der Waals surface area (Å²) in [6.45, 7) is 0. The highest BCUT2D eigenvalue weighted by atomic mass is 35.5. The largest absolute Gasteiger partial charge is 0.490 e. The van der Waals surface area contributed by atoms with Crippen LogP contribution in [0.15, 0.2) is 34.1 Å². The maximum Gasteiger partial charge on any atom is 0.311 e. The van der Waals surface area contributed by atoms with Crippen molar-refractivity contribution >= 4 is 64.1 Å². The Morgan fingerprint density at radius 3 is 1.46 bits per heavy atom. The molecule has 0 saturated heterocycles. The first-order chi connectivity index (χ1) is 16.6. The number of hydrogen-bond donors (Lipinski definition) is 0. The van der Waals surface area contributed by atoms with Gasteiger partial charge in [-0.2, -0.15) is 0 Å². The molecular formula is C20H22Cl2N2O8S3. The number of nitrogens with zero attached hydrogens (tertiary/aromatic N) is 2. The first-order valence-corrected chi connectivity index (χ1v) is 15.3. The predicted octanol–water partition coefficient (Wildman–Crippen LogP) is 5.99. The molecule has 2 rings (SSSR count). The number of benzene rings is 2. The highest BCUT2D eigenvalue weighted by molar-refractivity contribution is 9.04. The zero-order valence-corrected chi connectivity index (χ0v) is 22.7. The first kappa shape index (κ1) is 29.3. The maximum atomic E-state index is 13.2. The molecule has 0 aliphatic carbocycles. The van der Waals surface area contributed by atoms with E-state index >= 15 is 0 Å². The summed E-state index contributed by atoms with van der Waals surface area (Å²) in [6.07, 6.45) is 1.43. The molecule has 0 aliphatic heterocycles. The fourth-order valence-electron chi connectivity index (χ4n) is 3.29. The second kappa shape index (κ2) is 13.4. The van der Waals surface area contributed by atoms with E-state index in [2.05, 4.69) is 0 Å². The number of nitro benzene ring substituents is 2. The van der Waals surface area contributed by atoms with Gasteiger partial charge in [0.25, 0.3) is 7.90 Å². The molecule has 15 heteroatoms. The Bertz CT molecular complexity index is 1110. The molecule has 0 bridgehead atoms. The molecule has 192 valence electrons. The standard InChI is InChI=1S/C20H22Cl2N2O8S3/c1-31-19-13(5-3-11-21)17(9-7-15(19)23(25)26)33-35(29,30)34-18-10-8-16(24(27)28)20(32-2)14(18)6-4-12-22/h7-10H,3-6,11-12H2,1-2H3. The Labute approximate surface area is 219 Å². The third kappa shape index (κ3) is 7.53. The average Bonchev–Trinajstić information content (AvgIpc) is 2.80. The summed E-state index contributed by atoms with van der Waals surface area (Å²) in [5.41, 5.74) is 0.158. The molecule has 35 heavy (non-hydrogen) atoms. The van der Waals surface area contributed by atoms with Gasteiger partial charge >= 0.3 is 11.4 Å². The first-order valence-electron chi connectivity index (χ1n) is 10.0. The molecule has 2 aromatic rings. The molecule has 0 atom stereocenters. The Hall–Kier alpha value is -1.93. The van der Waals surface area contributed by atoms with E-state index in [-0.39, 0.29) is 57.3 Å². The predicted molar refractivity (Wildman–Crippen MR) is 138 cm³/mol. The molecular weight excluding hydrogens is 563 g/mol. The molecule has 0 fully saturated rings. The Kier molecular flexibility index (Phi) is 11.2. The number of halogens is 2. The normalized spacial score (nSPS) is 11.3. The monoisotopic (exact) mass is 584 g/mol. The van der Waals surface area contributed by atoms with Gasteiger partial charge in [0, 0.05) is 66.4 Å². The minimum atomic E-state index is -3.98. The van der Waals surface area contributed by atoms with Crippen LogP contribution in [0.2, 0.25) is 0 Å². The summed E-state index contributed by atoms with van der Waals surface area (Å²) < 4.78 is 36.9. The average molecular weight is 586 g/mol. The number of hydrogen-bond acceptors (Lipinski definition) is 10. The number of rotatable bonds is 14. The van der Waals surface area contributed by atoms with E-state index in [0.717, 1.165) is 0 Å². The second-order valence-corrected chi connectivity index (χ2v) is 13.9. The van der Waals surface area contributed by atoms with Gasteiger partial charge in [-0.05, 0) is 37.8 Å². The smallest absolute Gasteiger partial charge is 0.311 e. The Morgan fingerprint density at radius 1 is 0.800 bits per heavy atom. The van der Waals surface area contributed by atoms with Gasteiger partial charge in [-0.25, -0.2) is 8.42 Å². The summed E-state index contributed by atoms with van der Waals surface area (Å²) in [5.74, 6) is 0.490.